The van der Waals surface area contributed by atoms with Crippen LogP contribution in [0, 0.1) is 19.8 Å². The highest BCUT2D eigenvalue weighted by molar-refractivity contribution is 7.15. The second-order valence-corrected chi connectivity index (χ2v) is 6.90. The fraction of sp³-hybridized carbons (Fsp3) is 0.375. The first kappa shape index (κ1) is 14.8. The van der Waals surface area contributed by atoms with E-state index in [9.17, 15) is 9.59 Å². The molecule has 1 aliphatic heterocycles. The van der Waals surface area contributed by atoms with Crippen molar-refractivity contribution in [2.45, 2.75) is 20.3 Å². The molecular formula is C16H19N3O2S. The zero-order valence-corrected chi connectivity index (χ0v) is 13.5. The van der Waals surface area contributed by atoms with E-state index >= 15 is 0 Å². The molecule has 0 aliphatic carbocycles. The van der Waals surface area contributed by atoms with Crippen molar-refractivity contribution in [3.05, 3.63) is 40.5 Å². The molecule has 6 heteroatoms. The Bertz CT molecular complexity index is 718. The number of rotatable bonds is 3. The predicted octanol–water partition coefficient (Wildman–Crippen LogP) is 2.10. The highest BCUT2D eigenvalue weighted by Crippen LogP contribution is 2.33. The normalized spacial score (nSPS) is 17.9. The van der Waals surface area contributed by atoms with Crippen molar-refractivity contribution in [1.82, 2.24) is 9.47 Å². The summed E-state index contributed by atoms with van der Waals surface area (Å²) in [6.45, 7) is 5.02. The average Bonchev–Trinajstić information content (AvgIpc) is 3.19. The minimum absolute atomic E-state index is 0.00528. The number of hydrogen-bond donors (Lipinski definition) is 1. The van der Waals surface area contributed by atoms with Gasteiger partial charge in [-0.05, 0) is 38.0 Å². The minimum Gasteiger partial charge on any atom is -0.369 e. The van der Waals surface area contributed by atoms with Crippen molar-refractivity contribution in [3.63, 3.8) is 0 Å². The maximum atomic E-state index is 12.9. The Morgan fingerprint density at radius 2 is 1.95 bits per heavy atom. The summed E-state index contributed by atoms with van der Waals surface area (Å²) in [5.74, 6) is -0.549. The van der Waals surface area contributed by atoms with Crippen LogP contribution in [-0.4, -0.2) is 34.4 Å². The summed E-state index contributed by atoms with van der Waals surface area (Å²) in [7, 11) is 0. The summed E-state index contributed by atoms with van der Waals surface area (Å²) < 4.78 is 1.97. The molecule has 1 aliphatic rings. The number of nitrogens with two attached hydrogens (primary N) is 1. The van der Waals surface area contributed by atoms with Crippen molar-refractivity contribution < 1.29 is 9.59 Å². The minimum atomic E-state index is -0.320. The zero-order chi connectivity index (χ0) is 15.9. The first-order valence-electron chi connectivity index (χ1n) is 7.31. The third kappa shape index (κ3) is 2.43. The lowest BCUT2D eigenvalue weighted by Crippen LogP contribution is -2.32. The fourth-order valence-corrected chi connectivity index (χ4v) is 3.96. The fourth-order valence-electron chi connectivity index (χ4n) is 2.85. The van der Waals surface area contributed by atoms with E-state index in [-0.39, 0.29) is 17.7 Å². The molecule has 2 amide bonds. The number of carbonyl (C=O) groups is 2. The lowest BCUT2D eigenvalue weighted by molar-refractivity contribution is -0.121. The molecule has 0 bridgehead atoms. The van der Waals surface area contributed by atoms with Crippen LogP contribution >= 0.6 is 11.3 Å². The quantitative estimate of drug-likeness (QED) is 0.942. The predicted molar refractivity (Wildman–Crippen MR) is 86.3 cm³/mol. The Morgan fingerprint density at radius 3 is 2.55 bits per heavy atom. The summed E-state index contributed by atoms with van der Waals surface area (Å²) in [4.78, 5) is 27.1. The van der Waals surface area contributed by atoms with Crippen molar-refractivity contribution in [2.75, 3.05) is 13.1 Å². The molecule has 2 N–H and O–H groups in total. The molecule has 2 aromatic rings. The van der Waals surface area contributed by atoms with Gasteiger partial charge >= 0.3 is 0 Å². The van der Waals surface area contributed by atoms with Crippen LogP contribution in [0.4, 0.5) is 0 Å². The van der Waals surface area contributed by atoms with Gasteiger partial charge < -0.3 is 15.2 Å². The van der Waals surface area contributed by atoms with Crippen LogP contribution in [0.15, 0.2) is 24.5 Å². The number of carbonyl (C=O) groups excluding carboxylic acids is 2. The number of amides is 2. The molecule has 0 unspecified atom stereocenters. The molecule has 22 heavy (non-hydrogen) atoms. The van der Waals surface area contributed by atoms with E-state index in [2.05, 4.69) is 0 Å². The second-order valence-electron chi connectivity index (χ2n) is 5.69. The van der Waals surface area contributed by atoms with Gasteiger partial charge in [0, 0.05) is 30.4 Å². The molecule has 0 radical (unpaired) electrons. The number of primary amides is 1. The van der Waals surface area contributed by atoms with Crippen LogP contribution in [0.1, 0.15) is 27.2 Å². The van der Waals surface area contributed by atoms with E-state index in [0.29, 0.717) is 19.5 Å². The molecule has 3 heterocycles. The van der Waals surface area contributed by atoms with Crippen LogP contribution in [0.5, 0.6) is 0 Å². The van der Waals surface area contributed by atoms with Gasteiger partial charge in [0.15, 0.2) is 0 Å². The molecule has 5 nitrogen and oxygen atoms in total. The molecule has 1 atom stereocenters. The van der Waals surface area contributed by atoms with Crippen molar-refractivity contribution >= 4 is 23.2 Å². The highest BCUT2D eigenvalue weighted by Gasteiger charge is 2.32. The van der Waals surface area contributed by atoms with Crippen LogP contribution in [0.3, 0.4) is 0 Å². The van der Waals surface area contributed by atoms with Gasteiger partial charge in [0.25, 0.3) is 5.91 Å². The summed E-state index contributed by atoms with van der Waals surface area (Å²) in [6, 6.07) is 3.88. The first-order valence-corrected chi connectivity index (χ1v) is 8.12. The molecule has 1 fully saturated rings. The van der Waals surface area contributed by atoms with Gasteiger partial charge in [0.2, 0.25) is 5.91 Å². The summed E-state index contributed by atoms with van der Waals surface area (Å²) >= 11 is 1.62. The topological polar surface area (TPSA) is 68.3 Å². The third-order valence-electron chi connectivity index (χ3n) is 4.30. The molecule has 1 saturated heterocycles. The monoisotopic (exact) mass is 317 g/mol. The van der Waals surface area contributed by atoms with E-state index in [0.717, 1.165) is 21.0 Å². The average molecular weight is 317 g/mol. The van der Waals surface area contributed by atoms with Gasteiger partial charge in [-0.25, -0.2) is 0 Å². The van der Waals surface area contributed by atoms with Crippen LogP contribution < -0.4 is 5.73 Å². The number of aromatic nitrogens is 1. The van der Waals surface area contributed by atoms with E-state index in [1.165, 1.54) is 0 Å². The lowest BCUT2D eigenvalue weighted by atomic mass is 10.1. The van der Waals surface area contributed by atoms with E-state index < -0.39 is 0 Å². The Morgan fingerprint density at radius 1 is 1.27 bits per heavy atom. The second kappa shape index (κ2) is 5.61. The number of hydrogen-bond acceptors (Lipinski definition) is 3. The number of aryl methyl sites for hydroxylation is 1. The molecule has 116 valence electrons. The Labute approximate surface area is 133 Å². The van der Waals surface area contributed by atoms with Gasteiger partial charge in [0.05, 0.1) is 11.5 Å². The summed E-state index contributed by atoms with van der Waals surface area (Å²) in [5.41, 5.74) is 7.12. The molecule has 0 spiro atoms. The van der Waals surface area contributed by atoms with E-state index in [1.54, 1.807) is 16.2 Å². The maximum Gasteiger partial charge on any atom is 0.257 e. The van der Waals surface area contributed by atoms with Gasteiger partial charge in [-0.3, -0.25) is 9.59 Å². The summed E-state index contributed by atoms with van der Waals surface area (Å²) in [5, 5.41) is 0.938. The highest BCUT2D eigenvalue weighted by atomic mass is 32.1. The molecular weight excluding hydrogens is 298 g/mol. The third-order valence-corrected chi connectivity index (χ3v) is 5.52. The van der Waals surface area contributed by atoms with Gasteiger partial charge in [0.1, 0.15) is 5.00 Å². The van der Waals surface area contributed by atoms with Crippen molar-refractivity contribution in [1.29, 1.82) is 0 Å². The number of nitrogens with zero attached hydrogens (tertiary/aromatic N) is 2. The summed E-state index contributed by atoms with van der Waals surface area (Å²) in [6.07, 6.45) is 4.54. The van der Waals surface area contributed by atoms with E-state index in [4.69, 9.17) is 5.73 Å². The Hall–Kier alpha value is -2.08. The largest absolute Gasteiger partial charge is 0.369 e. The molecule has 3 rings (SSSR count). The van der Waals surface area contributed by atoms with Gasteiger partial charge in [-0.2, -0.15) is 0 Å². The Kier molecular flexibility index (Phi) is 3.78. The van der Waals surface area contributed by atoms with Gasteiger partial charge in [-0.15, -0.1) is 11.3 Å². The number of likely N-dealkylation sites (tertiary alicyclic amines) is 1. The van der Waals surface area contributed by atoms with Crippen LogP contribution in [-0.2, 0) is 4.79 Å². The Balaban J connectivity index is 1.95. The van der Waals surface area contributed by atoms with Crippen molar-refractivity contribution in [3.8, 4) is 5.00 Å². The molecule has 0 aromatic carbocycles. The molecule has 2 aromatic heterocycles. The number of thiophene rings is 1. The smallest absolute Gasteiger partial charge is 0.257 e. The van der Waals surface area contributed by atoms with Gasteiger partial charge in [-0.1, -0.05) is 0 Å². The van der Waals surface area contributed by atoms with E-state index in [1.807, 2.05) is 42.9 Å². The van der Waals surface area contributed by atoms with Crippen LogP contribution in [0.2, 0.25) is 0 Å². The zero-order valence-electron chi connectivity index (χ0n) is 12.7. The molecule has 0 saturated carbocycles. The van der Waals surface area contributed by atoms with Crippen molar-refractivity contribution in [2.24, 2.45) is 11.7 Å². The SMILES string of the molecule is Cc1sc(-n2cccc2)c(C(=O)N2CC[C@H](C(N)=O)C2)c1C. The lowest BCUT2D eigenvalue weighted by Gasteiger charge is -2.17. The standard InChI is InChI=1S/C16H19N3O2S/c1-10-11(2)22-16(18-6-3-4-7-18)13(10)15(21)19-8-5-12(9-19)14(17)20/h3-4,6-7,12H,5,8-9H2,1-2H3,(H2,17,20)/t12-/m0/s1. The maximum absolute atomic E-state index is 12.9. The first-order chi connectivity index (χ1) is 10.5. The van der Waals surface area contributed by atoms with Crippen LogP contribution in [0.25, 0.3) is 5.00 Å².